The average molecular weight is 478 g/mol. The smallest absolute Gasteiger partial charge is 0.244 e. The lowest BCUT2D eigenvalue weighted by Crippen LogP contribution is -2.56. The maximum absolute atomic E-state index is 13.5. The Morgan fingerprint density at radius 3 is 2.09 bits per heavy atom. The van der Waals surface area contributed by atoms with Crippen molar-refractivity contribution in [1.82, 2.24) is 9.21 Å². The van der Waals surface area contributed by atoms with Crippen LogP contribution in [0, 0.1) is 6.92 Å². The maximum atomic E-state index is 13.5. The fourth-order valence-electron chi connectivity index (χ4n) is 4.66. The molecule has 0 radical (unpaired) electrons. The molecule has 0 aliphatic carbocycles. The van der Waals surface area contributed by atoms with Gasteiger partial charge in [-0.05, 0) is 43.5 Å². The zero-order valence-electron chi connectivity index (χ0n) is 18.1. The number of nitrogens with one attached hydrogen (secondary N) is 1. The first-order valence-corrected chi connectivity index (χ1v) is 13.8. The summed E-state index contributed by atoms with van der Waals surface area (Å²) in [5.74, 6) is -0.141. The molecule has 0 aromatic heterocycles. The first-order valence-electron chi connectivity index (χ1n) is 10.5. The van der Waals surface area contributed by atoms with Gasteiger partial charge in [-0.2, -0.15) is 4.31 Å². The second-order valence-corrected chi connectivity index (χ2v) is 12.3. The average Bonchev–Trinajstić information content (AvgIpc) is 3.01. The predicted octanol–water partition coefficient (Wildman–Crippen LogP) is 1.87. The lowest BCUT2D eigenvalue weighted by Gasteiger charge is -2.39. The summed E-state index contributed by atoms with van der Waals surface area (Å²) in [6.07, 6.45) is 2.38. The third-order valence-corrected chi connectivity index (χ3v) is 9.43. The molecular weight excluding hydrogens is 450 g/mol. The Labute approximate surface area is 189 Å². The van der Waals surface area contributed by atoms with Crippen LogP contribution in [0.25, 0.3) is 0 Å². The number of piperazine rings is 1. The van der Waals surface area contributed by atoms with E-state index in [1.807, 2.05) is 36.1 Å². The highest BCUT2D eigenvalue weighted by molar-refractivity contribution is 7.93. The highest BCUT2D eigenvalue weighted by Crippen LogP contribution is 2.37. The summed E-state index contributed by atoms with van der Waals surface area (Å²) in [7, 11) is -7.69. The van der Waals surface area contributed by atoms with Crippen molar-refractivity contribution >= 4 is 31.5 Å². The van der Waals surface area contributed by atoms with Crippen LogP contribution in [0.4, 0.5) is 5.69 Å². The van der Waals surface area contributed by atoms with Crippen LogP contribution in [0.3, 0.4) is 0 Å². The monoisotopic (exact) mass is 477 g/mol. The Morgan fingerprint density at radius 1 is 0.938 bits per heavy atom. The van der Waals surface area contributed by atoms with E-state index in [-0.39, 0.29) is 34.3 Å². The summed E-state index contributed by atoms with van der Waals surface area (Å²) in [6, 6.07) is 12.7. The number of fused-ring (bicyclic) bond motifs is 2. The molecule has 0 spiro atoms. The lowest BCUT2D eigenvalue weighted by atomic mass is 10.2. The summed E-state index contributed by atoms with van der Waals surface area (Å²) in [5.41, 5.74) is 1.74. The number of hydrogen-bond donors (Lipinski definition) is 1. The molecule has 2 aliphatic heterocycles. The Kier molecular flexibility index (Phi) is 6.15. The molecule has 2 heterocycles. The standard InChI is InChI=1S/C22H27N3O5S2/c1-16-7-3-4-8-19(16)23-22(26)15-24-13-17-11-12-18(14-24)25(17)32(29,30)21-10-6-5-9-20(21)31(2,27)28/h3-10,17-18H,11-15H2,1-2H3,(H,23,26). The molecule has 10 heteroatoms. The molecule has 2 fully saturated rings. The van der Waals surface area contributed by atoms with Gasteiger partial charge >= 0.3 is 0 Å². The molecule has 172 valence electrons. The van der Waals surface area contributed by atoms with Crippen molar-refractivity contribution in [2.75, 3.05) is 31.2 Å². The fourth-order valence-corrected chi connectivity index (χ4v) is 8.12. The summed E-state index contributed by atoms with van der Waals surface area (Å²) >= 11 is 0. The van der Waals surface area contributed by atoms with Crippen LogP contribution in [0.1, 0.15) is 18.4 Å². The molecule has 2 atom stereocenters. The molecule has 1 amide bonds. The van der Waals surface area contributed by atoms with Crippen LogP contribution in [0.15, 0.2) is 58.3 Å². The minimum absolute atomic E-state index is 0.141. The van der Waals surface area contributed by atoms with E-state index >= 15 is 0 Å². The minimum atomic E-state index is -3.99. The molecule has 2 aliphatic rings. The molecule has 2 unspecified atom stereocenters. The van der Waals surface area contributed by atoms with E-state index in [0.717, 1.165) is 17.5 Å². The number of hydrogen-bond acceptors (Lipinski definition) is 6. The van der Waals surface area contributed by atoms with Gasteiger partial charge in [-0.15, -0.1) is 0 Å². The van der Waals surface area contributed by atoms with E-state index < -0.39 is 19.9 Å². The van der Waals surface area contributed by atoms with Gasteiger partial charge in [0.25, 0.3) is 0 Å². The third-order valence-electron chi connectivity index (χ3n) is 6.08. The second-order valence-electron chi connectivity index (χ2n) is 8.50. The zero-order valence-corrected chi connectivity index (χ0v) is 19.7. The Morgan fingerprint density at radius 2 is 1.50 bits per heavy atom. The lowest BCUT2D eigenvalue weighted by molar-refractivity contribution is -0.117. The molecule has 2 aromatic rings. The SMILES string of the molecule is Cc1ccccc1NC(=O)CN1CC2CCC(C1)N2S(=O)(=O)c1ccccc1S(C)(=O)=O. The summed E-state index contributed by atoms with van der Waals surface area (Å²) in [4.78, 5) is 14.2. The van der Waals surface area contributed by atoms with Crippen molar-refractivity contribution in [3.05, 3.63) is 54.1 Å². The van der Waals surface area contributed by atoms with Crippen LogP contribution >= 0.6 is 0 Å². The normalized spacial score (nSPS) is 22.1. The van der Waals surface area contributed by atoms with Crippen molar-refractivity contribution in [3.63, 3.8) is 0 Å². The van der Waals surface area contributed by atoms with Crippen molar-refractivity contribution in [3.8, 4) is 0 Å². The number of rotatable bonds is 6. The maximum Gasteiger partial charge on any atom is 0.244 e. The van der Waals surface area contributed by atoms with Crippen molar-refractivity contribution in [2.24, 2.45) is 0 Å². The van der Waals surface area contributed by atoms with E-state index in [1.54, 1.807) is 0 Å². The summed E-state index contributed by atoms with van der Waals surface area (Å²) in [6.45, 7) is 2.96. The van der Waals surface area contributed by atoms with Gasteiger partial charge in [0.2, 0.25) is 15.9 Å². The number of carbonyl (C=O) groups is 1. The van der Waals surface area contributed by atoms with Crippen LogP contribution in [0.2, 0.25) is 0 Å². The van der Waals surface area contributed by atoms with Gasteiger partial charge in [0.05, 0.1) is 11.4 Å². The van der Waals surface area contributed by atoms with Crippen LogP contribution in [-0.4, -0.2) is 69.9 Å². The van der Waals surface area contributed by atoms with Gasteiger partial charge in [-0.3, -0.25) is 9.69 Å². The molecule has 2 bridgehead atoms. The van der Waals surface area contributed by atoms with Gasteiger partial charge in [-0.25, -0.2) is 16.8 Å². The summed E-state index contributed by atoms with van der Waals surface area (Å²) in [5, 5.41) is 2.92. The zero-order chi connectivity index (χ0) is 23.1. The van der Waals surface area contributed by atoms with Gasteiger partial charge in [0, 0.05) is 37.1 Å². The van der Waals surface area contributed by atoms with E-state index in [4.69, 9.17) is 0 Å². The van der Waals surface area contributed by atoms with E-state index in [1.165, 1.54) is 28.6 Å². The largest absolute Gasteiger partial charge is 0.325 e. The number of nitrogens with zero attached hydrogens (tertiary/aromatic N) is 2. The van der Waals surface area contributed by atoms with E-state index in [2.05, 4.69) is 5.32 Å². The van der Waals surface area contributed by atoms with Crippen LogP contribution in [-0.2, 0) is 24.7 Å². The van der Waals surface area contributed by atoms with E-state index in [0.29, 0.717) is 25.9 Å². The Bertz CT molecular complexity index is 1230. The number of carbonyl (C=O) groups excluding carboxylic acids is 1. The molecule has 8 nitrogen and oxygen atoms in total. The fraction of sp³-hybridized carbons (Fsp3) is 0.409. The second kappa shape index (κ2) is 8.58. The third kappa shape index (κ3) is 4.45. The predicted molar refractivity (Wildman–Crippen MR) is 122 cm³/mol. The van der Waals surface area contributed by atoms with Crippen molar-refractivity contribution < 1.29 is 21.6 Å². The van der Waals surface area contributed by atoms with Crippen molar-refractivity contribution in [2.45, 2.75) is 41.6 Å². The molecule has 4 rings (SSSR count). The van der Waals surface area contributed by atoms with Gasteiger partial charge < -0.3 is 5.32 Å². The molecule has 1 N–H and O–H groups in total. The molecule has 32 heavy (non-hydrogen) atoms. The van der Waals surface area contributed by atoms with Crippen LogP contribution in [0.5, 0.6) is 0 Å². The highest BCUT2D eigenvalue weighted by Gasteiger charge is 2.47. The van der Waals surface area contributed by atoms with Crippen LogP contribution < -0.4 is 5.32 Å². The topological polar surface area (TPSA) is 104 Å². The summed E-state index contributed by atoms with van der Waals surface area (Å²) < 4.78 is 52.8. The number of anilines is 1. The number of benzene rings is 2. The van der Waals surface area contributed by atoms with Gasteiger partial charge in [0.15, 0.2) is 9.84 Å². The first-order chi connectivity index (χ1) is 15.1. The molecule has 2 saturated heterocycles. The van der Waals surface area contributed by atoms with Gasteiger partial charge in [-0.1, -0.05) is 30.3 Å². The Balaban J connectivity index is 1.50. The quantitative estimate of drug-likeness (QED) is 0.681. The Hall–Kier alpha value is -2.27. The minimum Gasteiger partial charge on any atom is -0.325 e. The highest BCUT2D eigenvalue weighted by atomic mass is 32.2. The first kappa shape index (κ1) is 22.9. The number of amides is 1. The molecule has 2 aromatic carbocycles. The number of aryl methyl sites for hydroxylation is 1. The number of sulfone groups is 1. The van der Waals surface area contributed by atoms with E-state index in [9.17, 15) is 21.6 Å². The molecule has 0 saturated carbocycles. The van der Waals surface area contributed by atoms with Crippen molar-refractivity contribution in [1.29, 1.82) is 0 Å². The number of likely N-dealkylation sites (tertiary alicyclic amines) is 1. The number of sulfonamides is 1. The van der Waals surface area contributed by atoms with Gasteiger partial charge in [0.1, 0.15) is 4.90 Å². The molecular formula is C22H27N3O5S2. The number of para-hydroxylation sites is 1.